The molecule has 0 radical (unpaired) electrons. The highest BCUT2D eigenvalue weighted by molar-refractivity contribution is 5.70. The van der Waals surface area contributed by atoms with Crippen LogP contribution in [0.2, 0.25) is 0 Å². The first-order valence-electron chi connectivity index (χ1n) is 30.7. The quantitative estimate of drug-likeness (QED) is 0.0373. The highest BCUT2D eigenvalue weighted by Gasteiger charge is 2.16. The van der Waals surface area contributed by atoms with Gasteiger partial charge in [0.05, 0.1) is 6.61 Å². The van der Waals surface area contributed by atoms with Crippen LogP contribution < -0.4 is 0 Å². The molecule has 0 aliphatic heterocycles. The summed E-state index contributed by atoms with van der Waals surface area (Å²) in [5.74, 6) is -0.569. The molecule has 1 atom stereocenters. The summed E-state index contributed by atoms with van der Waals surface area (Å²) in [4.78, 5) is 24.6. The Balaban J connectivity index is 3.41. The number of ether oxygens (including phenoxy) is 2. The molecule has 5 nitrogen and oxygen atoms in total. The number of hydrogen-bond donors (Lipinski definition) is 1. The second-order valence-corrected chi connectivity index (χ2v) is 20.8. The summed E-state index contributed by atoms with van der Waals surface area (Å²) < 4.78 is 10.7. The largest absolute Gasteiger partial charge is 0.462 e. The first kappa shape index (κ1) is 66.9. The Morgan fingerprint density at radius 1 is 0.348 bits per heavy atom. The number of unbranched alkanes of at least 4 members (excludes halogenated alkanes) is 41. The first-order chi connectivity index (χ1) is 34.1. The van der Waals surface area contributed by atoms with Gasteiger partial charge in [-0.05, 0) is 51.4 Å². The molecule has 0 bridgehead atoms. The lowest BCUT2D eigenvalue weighted by atomic mass is 10.0. The number of hydrogen-bond acceptors (Lipinski definition) is 5. The Labute approximate surface area is 430 Å². The molecule has 5 heteroatoms. The van der Waals surface area contributed by atoms with Crippen LogP contribution in [0.1, 0.15) is 328 Å². The standard InChI is InChI=1S/C64H118O5/c1-3-5-7-9-11-13-15-17-19-21-23-25-27-28-29-30-31-32-33-34-35-36-37-39-41-43-45-47-49-51-53-55-57-59-64(67)69-62(60-65)61-68-63(66)58-56-54-52-50-48-46-44-42-40-38-26-24-22-20-18-16-14-12-10-8-6-4-2/h5,7,11,13,17,19,23,25,62,65H,3-4,6,8-10,12,14-16,18,20-22,24,26-61H2,1-2H3/b7-5-,13-11-,19-17-,25-23-. The van der Waals surface area contributed by atoms with Crippen LogP contribution in [0.15, 0.2) is 48.6 Å². The fourth-order valence-corrected chi connectivity index (χ4v) is 9.32. The molecule has 0 saturated heterocycles. The number of allylic oxidation sites excluding steroid dienone is 8. The maximum Gasteiger partial charge on any atom is 0.306 e. The molecule has 1 N–H and O–H groups in total. The Morgan fingerprint density at radius 3 is 0.942 bits per heavy atom. The van der Waals surface area contributed by atoms with Gasteiger partial charge in [0.1, 0.15) is 6.61 Å². The van der Waals surface area contributed by atoms with Crippen molar-refractivity contribution >= 4 is 11.9 Å². The molecule has 404 valence electrons. The number of carbonyl (C=O) groups is 2. The van der Waals surface area contributed by atoms with Crippen LogP contribution in [-0.4, -0.2) is 36.4 Å². The second kappa shape index (κ2) is 60.2. The SMILES string of the molecule is CC/C=C\C/C=C\C/C=C\C/C=C\CCCCCCCCCCCCCCCCCCCCCCC(=O)OC(CO)COC(=O)CCCCCCCCCCCCCCCCCCCCCCCC. The van der Waals surface area contributed by atoms with E-state index >= 15 is 0 Å². The van der Waals surface area contributed by atoms with Crippen LogP contribution in [0, 0.1) is 0 Å². The van der Waals surface area contributed by atoms with E-state index in [0.717, 1.165) is 57.8 Å². The van der Waals surface area contributed by atoms with Crippen molar-refractivity contribution in [3.8, 4) is 0 Å². The summed E-state index contributed by atoms with van der Waals surface area (Å²) >= 11 is 0. The summed E-state index contributed by atoms with van der Waals surface area (Å²) in [5, 5.41) is 9.67. The summed E-state index contributed by atoms with van der Waals surface area (Å²) in [6.45, 7) is 4.08. The minimum Gasteiger partial charge on any atom is -0.462 e. The van der Waals surface area contributed by atoms with Gasteiger partial charge < -0.3 is 14.6 Å². The maximum atomic E-state index is 12.3. The van der Waals surface area contributed by atoms with Crippen molar-refractivity contribution in [2.45, 2.75) is 335 Å². The molecule has 0 aromatic rings. The highest BCUT2D eigenvalue weighted by atomic mass is 16.6. The highest BCUT2D eigenvalue weighted by Crippen LogP contribution is 2.18. The van der Waals surface area contributed by atoms with Crippen LogP contribution in [-0.2, 0) is 19.1 Å². The molecule has 0 aromatic carbocycles. The third kappa shape index (κ3) is 58.3. The van der Waals surface area contributed by atoms with Gasteiger partial charge in [-0.1, -0.05) is 313 Å². The van der Waals surface area contributed by atoms with Crippen LogP contribution >= 0.6 is 0 Å². The van der Waals surface area contributed by atoms with Crippen LogP contribution in [0.5, 0.6) is 0 Å². The lowest BCUT2D eigenvalue weighted by molar-refractivity contribution is -0.161. The number of aliphatic hydroxyl groups is 1. The lowest BCUT2D eigenvalue weighted by Gasteiger charge is -2.15. The molecule has 0 heterocycles. The van der Waals surface area contributed by atoms with Gasteiger partial charge in [0.25, 0.3) is 0 Å². The molecular formula is C64H118O5. The Hall–Kier alpha value is -2.14. The van der Waals surface area contributed by atoms with Crippen LogP contribution in [0.3, 0.4) is 0 Å². The lowest BCUT2D eigenvalue weighted by Crippen LogP contribution is -2.28. The van der Waals surface area contributed by atoms with Gasteiger partial charge in [0.2, 0.25) is 0 Å². The van der Waals surface area contributed by atoms with E-state index < -0.39 is 6.10 Å². The Bertz CT molecular complexity index is 1140. The van der Waals surface area contributed by atoms with E-state index in [1.54, 1.807) is 0 Å². The summed E-state index contributed by atoms with van der Waals surface area (Å²) in [6.07, 6.45) is 79.7. The molecule has 0 aliphatic rings. The van der Waals surface area contributed by atoms with Crippen molar-refractivity contribution in [1.29, 1.82) is 0 Å². The molecule has 69 heavy (non-hydrogen) atoms. The molecule has 0 rings (SSSR count). The first-order valence-corrected chi connectivity index (χ1v) is 30.7. The van der Waals surface area contributed by atoms with Crippen molar-refractivity contribution in [3.05, 3.63) is 48.6 Å². The smallest absolute Gasteiger partial charge is 0.306 e. The van der Waals surface area contributed by atoms with E-state index in [2.05, 4.69) is 62.5 Å². The summed E-state index contributed by atoms with van der Waals surface area (Å²) in [5.41, 5.74) is 0. The average molecular weight is 968 g/mol. The fraction of sp³-hybridized carbons (Fsp3) is 0.844. The monoisotopic (exact) mass is 967 g/mol. The van der Waals surface area contributed by atoms with E-state index in [0.29, 0.717) is 12.8 Å². The molecule has 0 aliphatic carbocycles. The molecule has 0 spiro atoms. The van der Waals surface area contributed by atoms with E-state index in [9.17, 15) is 14.7 Å². The van der Waals surface area contributed by atoms with Crippen molar-refractivity contribution in [2.75, 3.05) is 13.2 Å². The van der Waals surface area contributed by atoms with Crippen molar-refractivity contribution in [1.82, 2.24) is 0 Å². The second-order valence-electron chi connectivity index (χ2n) is 20.8. The number of rotatable bonds is 57. The summed E-state index contributed by atoms with van der Waals surface area (Å²) in [6, 6.07) is 0. The topological polar surface area (TPSA) is 72.8 Å². The normalized spacial score (nSPS) is 12.4. The van der Waals surface area contributed by atoms with Gasteiger partial charge in [-0.25, -0.2) is 0 Å². The zero-order chi connectivity index (χ0) is 49.9. The van der Waals surface area contributed by atoms with E-state index in [-0.39, 0.29) is 25.2 Å². The molecule has 0 fully saturated rings. The van der Waals surface area contributed by atoms with Gasteiger partial charge in [0.15, 0.2) is 6.10 Å². The van der Waals surface area contributed by atoms with E-state index in [1.165, 1.54) is 244 Å². The zero-order valence-corrected chi connectivity index (χ0v) is 46.3. The van der Waals surface area contributed by atoms with Crippen molar-refractivity contribution < 1.29 is 24.2 Å². The van der Waals surface area contributed by atoms with Crippen LogP contribution in [0.4, 0.5) is 0 Å². The average Bonchev–Trinajstić information content (AvgIpc) is 3.35. The van der Waals surface area contributed by atoms with Gasteiger partial charge in [-0.2, -0.15) is 0 Å². The molecule has 1 unspecified atom stereocenters. The Kier molecular flexibility index (Phi) is 58.3. The molecule has 0 aromatic heterocycles. The predicted octanol–water partition coefficient (Wildman–Crippen LogP) is 20.8. The van der Waals surface area contributed by atoms with Crippen molar-refractivity contribution in [2.24, 2.45) is 0 Å². The third-order valence-corrected chi connectivity index (χ3v) is 13.9. The van der Waals surface area contributed by atoms with Gasteiger partial charge in [-0.15, -0.1) is 0 Å². The van der Waals surface area contributed by atoms with Crippen LogP contribution in [0.25, 0.3) is 0 Å². The zero-order valence-electron chi connectivity index (χ0n) is 46.3. The Morgan fingerprint density at radius 2 is 0.623 bits per heavy atom. The van der Waals surface area contributed by atoms with Gasteiger partial charge in [0, 0.05) is 12.8 Å². The predicted molar refractivity (Wildman–Crippen MR) is 302 cm³/mol. The molecular weight excluding hydrogens is 849 g/mol. The van der Waals surface area contributed by atoms with Crippen molar-refractivity contribution in [3.63, 3.8) is 0 Å². The van der Waals surface area contributed by atoms with E-state index in [4.69, 9.17) is 9.47 Å². The number of aliphatic hydroxyl groups excluding tert-OH is 1. The number of esters is 2. The minimum absolute atomic E-state index is 0.0595. The number of carbonyl (C=O) groups excluding carboxylic acids is 2. The third-order valence-electron chi connectivity index (χ3n) is 13.9. The van der Waals surface area contributed by atoms with Gasteiger partial charge >= 0.3 is 11.9 Å². The summed E-state index contributed by atoms with van der Waals surface area (Å²) in [7, 11) is 0. The van der Waals surface area contributed by atoms with E-state index in [1.807, 2.05) is 0 Å². The molecule has 0 amide bonds. The fourth-order valence-electron chi connectivity index (χ4n) is 9.32. The maximum absolute atomic E-state index is 12.3. The van der Waals surface area contributed by atoms with Gasteiger partial charge in [-0.3, -0.25) is 9.59 Å². The molecule has 0 saturated carbocycles. The minimum atomic E-state index is -0.769.